The van der Waals surface area contributed by atoms with Gasteiger partial charge in [0.05, 0.1) is 6.04 Å². The Labute approximate surface area is 114 Å². The fourth-order valence-corrected chi connectivity index (χ4v) is 2.46. The summed E-state index contributed by atoms with van der Waals surface area (Å²) < 4.78 is 2.41. The first kappa shape index (κ1) is 13.2. The number of halogens is 2. The molecule has 1 nitrogen and oxygen atoms in total. The first-order chi connectivity index (χ1) is 7.04. The molecule has 82 valence electrons. The highest BCUT2D eigenvalue weighted by atomic mass is 127. The molecular weight excluding hydrogens is 365 g/mol. The van der Waals surface area contributed by atoms with Crippen molar-refractivity contribution in [2.24, 2.45) is 0 Å². The normalized spacial score (nSPS) is 12.3. The summed E-state index contributed by atoms with van der Waals surface area (Å²) in [6, 6.07) is 6.66. The molecule has 0 amide bonds. The molecule has 1 rings (SSSR count). The Bertz CT molecular complexity index is 370. The second-order valence-corrected chi connectivity index (χ2v) is 5.75. The minimum Gasteiger partial charge on any atom is -0.310 e. The van der Waals surface area contributed by atoms with Gasteiger partial charge in [0, 0.05) is 8.04 Å². The summed E-state index contributed by atoms with van der Waals surface area (Å²) in [6.45, 7) is 4.24. The lowest BCUT2D eigenvalue weighted by atomic mass is 10.1. The van der Waals surface area contributed by atoms with Gasteiger partial charge in [-0.2, -0.15) is 0 Å². The summed E-state index contributed by atoms with van der Waals surface area (Å²) in [7, 11) is 1.99. The third kappa shape index (κ3) is 3.89. The third-order valence-corrected chi connectivity index (χ3v) is 3.58. The SMILES string of the molecule is CNC(C=C(C)C)c1cc(Br)ccc1I. The zero-order chi connectivity index (χ0) is 11.4. The van der Waals surface area contributed by atoms with E-state index in [1.54, 1.807) is 0 Å². The van der Waals surface area contributed by atoms with Gasteiger partial charge in [-0.25, -0.2) is 0 Å². The monoisotopic (exact) mass is 379 g/mol. The van der Waals surface area contributed by atoms with Crippen molar-refractivity contribution in [3.05, 3.63) is 43.5 Å². The molecule has 0 spiro atoms. The number of hydrogen-bond donors (Lipinski definition) is 1. The molecule has 1 atom stereocenters. The van der Waals surface area contributed by atoms with Crippen molar-refractivity contribution in [1.82, 2.24) is 5.32 Å². The van der Waals surface area contributed by atoms with Gasteiger partial charge >= 0.3 is 0 Å². The molecular formula is C12H15BrIN. The fourth-order valence-electron chi connectivity index (χ4n) is 1.41. The van der Waals surface area contributed by atoms with Crippen LogP contribution in [0, 0.1) is 3.57 Å². The van der Waals surface area contributed by atoms with Crippen LogP contribution in [0.15, 0.2) is 34.3 Å². The minimum atomic E-state index is 0.291. The van der Waals surface area contributed by atoms with Gasteiger partial charge in [-0.3, -0.25) is 0 Å². The van der Waals surface area contributed by atoms with E-state index in [0.29, 0.717) is 6.04 Å². The molecule has 1 unspecified atom stereocenters. The van der Waals surface area contributed by atoms with Crippen molar-refractivity contribution in [2.75, 3.05) is 7.05 Å². The van der Waals surface area contributed by atoms with Crippen LogP contribution in [-0.2, 0) is 0 Å². The Morgan fingerprint density at radius 2 is 2.13 bits per heavy atom. The molecule has 0 aliphatic carbocycles. The number of likely N-dealkylation sites (N-methyl/N-ethyl adjacent to an activating group) is 1. The molecule has 0 fully saturated rings. The van der Waals surface area contributed by atoms with Gasteiger partial charge < -0.3 is 5.32 Å². The maximum atomic E-state index is 3.51. The van der Waals surface area contributed by atoms with Crippen LogP contribution >= 0.6 is 38.5 Å². The Balaban J connectivity index is 3.11. The third-order valence-electron chi connectivity index (χ3n) is 2.10. The lowest BCUT2D eigenvalue weighted by molar-refractivity contribution is 0.706. The molecule has 0 aliphatic rings. The Hall–Kier alpha value is 0.130. The zero-order valence-electron chi connectivity index (χ0n) is 9.14. The highest BCUT2D eigenvalue weighted by Gasteiger charge is 2.09. The van der Waals surface area contributed by atoms with E-state index in [-0.39, 0.29) is 0 Å². The largest absolute Gasteiger partial charge is 0.310 e. The van der Waals surface area contributed by atoms with Crippen molar-refractivity contribution >= 4 is 38.5 Å². The van der Waals surface area contributed by atoms with Crippen LogP contribution in [0.5, 0.6) is 0 Å². The van der Waals surface area contributed by atoms with E-state index < -0.39 is 0 Å². The minimum absolute atomic E-state index is 0.291. The number of benzene rings is 1. The van der Waals surface area contributed by atoms with Crippen LogP contribution in [0.25, 0.3) is 0 Å². The standard InChI is InChI=1S/C12H15BrIN/c1-8(2)6-12(15-3)10-7-9(13)4-5-11(10)14/h4-7,12,15H,1-3H3. The molecule has 0 saturated carbocycles. The average molecular weight is 380 g/mol. The smallest absolute Gasteiger partial charge is 0.0517 e. The zero-order valence-corrected chi connectivity index (χ0v) is 12.9. The van der Waals surface area contributed by atoms with E-state index in [9.17, 15) is 0 Å². The predicted octanol–water partition coefficient (Wildman–Crippen LogP) is 4.28. The molecule has 0 bridgehead atoms. The summed E-state index contributed by atoms with van der Waals surface area (Å²) >= 11 is 5.88. The van der Waals surface area contributed by atoms with Gasteiger partial charge in [-0.15, -0.1) is 0 Å². The number of hydrogen-bond acceptors (Lipinski definition) is 1. The van der Waals surface area contributed by atoms with Gasteiger partial charge in [0.15, 0.2) is 0 Å². The maximum Gasteiger partial charge on any atom is 0.0517 e. The summed E-state index contributed by atoms with van der Waals surface area (Å²) in [5.74, 6) is 0. The quantitative estimate of drug-likeness (QED) is 0.610. The van der Waals surface area contributed by atoms with Gasteiger partial charge in [-0.05, 0) is 67.2 Å². The summed E-state index contributed by atoms with van der Waals surface area (Å²) in [5, 5.41) is 3.32. The van der Waals surface area contributed by atoms with Crippen LogP contribution in [-0.4, -0.2) is 7.05 Å². The van der Waals surface area contributed by atoms with Crippen LogP contribution in [0.4, 0.5) is 0 Å². The summed E-state index contributed by atoms with van der Waals surface area (Å²) in [4.78, 5) is 0. The topological polar surface area (TPSA) is 12.0 Å². The van der Waals surface area contributed by atoms with Gasteiger partial charge in [0.25, 0.3) is 0 Å². The fraction of sp³-hybridized carbons (Fsp3) is 0.333. The van der Waals surface area contributed by atoms with Gasteiger partial charge in [-0.1, -0.05) is 27.6 Å². The molecule has 1 N–H and O–H groups in total. The second-order valence-electron chi connectivity index (χ2n) is 3.68. The van der Waals surface area contributed by atoms with Crippen molar-refractivity contribution in [3.8, 4) is 0 Å². The molecule has 15 heavy (non-hydrogen) atoms. The molecule has 3 heteroatoms. The van der Waals surface area contributed by atoms with Crippen molar-refractivity contribution < 1.29 is 0 Å². The molecule has 0 aliphatic heterocycles. The van der Waals surface area contributed by atoms with Gasteiger partial charge in [0.1, 0.15) is 0 Å². The Morgan fingerprint density at radius 3 is 2.67 bits per heavy atom. The van der Waals surface area contributed by atoms with E-state index in [1.165, 1.54) is 14.7 Å². The first-order valence-corrected chi connectivity index (χ1v) is 6.69. The number of nitrogens with one attached hydrogen (secondary N) is 1. The molecule has 0 saturated heterocycles. The van der Waals surface area contributed by atoms with Crippen LogP contribution in [0.1, 0.15) is 25.5 Å². The number of allylic oxidation sites excluding steroid dienone is 1. The molecule has 0 heterocycles. The highest BCUT2D eigenvalue weighted by molar-refractivity contribution is 14.1. The first-order valence-electron chi connectivity index (χ1n) is 4.82. The van der Waals surface area contributed by atoms with E-state index >= 15 is 0 Å². The summed E-state index contributed by atoms with van der Waals surface area (Å²) in [6.07, 6.45) is 2.24. The van der Waals surface area contributed by atoms with E-state index in [2.05, 4.69) is 82.0 Å². The molecule has 0 aromatic heterocycles. The van der Waals surface area contributed by atoms with E-state index in [0.717, 1.165) is 4.47 Å². The second kappa shape index (κ2) is 6.01. The molecule has 0 radical (unpaired) electrons. The highest BCUT2D eigenvalue weighted by Crippen LogP contribution is 2.25. The van der Waals surface area contributed by atoms with Crippen molar-refractivity contribution in [3.63, 3.8) is 0 Å². The van der Waals surface area contributed by atoms with Crippen LogP contribution < -0.4 is 5.32 Å². The average Bonchev–Trinajstić information content (AvgIpc) is 2.18. The number of rotatable bonds is 3. The Kier molecular flexibility index (Phi) is 5.29. The van der Waals surface area contributed by atoms with Crippen LogP contribution in [0.3, 0.4) is 0 Å². The Morgan fingerprint density at radius 1 is 1.47 bits per heavy atom. The maximum absolute atomic E-state index is 3.51. The molecule has 1 aromatic carbocycles. The van der Waals surface area contributed by atoms with E-state index in [1.807, 2.05) is 7.05 Å². The lowest BCUT2D eigenvalue weighted by Crippen LogP contribution is -2.15. The predicted molar refractivity (Wildman–Crippen MR) is 78.1 cm³/mol. The summed E-state index contributed by atoms with van der Waals surface area (Å²) in [5.41, 5.74) is 2.64. The lowest BCUT2D eigenvalue weighted by Gasteiger charge is -2.15. The van der Waals surface area contributed by atoms with Crippen LogP contribution in [0.2, 0.25) is 0 Å². The van der Waals surface area contributed by atoms with Crippen molar-refractivity contribution in [2.45, 2.75) is 19.9 Å². The van der Waals surface area contributed by atoms with Crippen molar-refractivity contribution in [1.29, 1.82) is 0 Å². The molecule has 1 aromatic rings. The van der Waals surface area contributed by atoms with E-state index in [4.69, 9.17) is 0 Å². The van der Waals surface area contributed by atoms with Gasteiger partial charge in [0.2, 0.25) is 0 Å².